The van der Waals surface area contributed by atoms with E-state index in [2.05, 4.69) is 26.8 Å². The molecule has 0 saturated carbocycles. The van der Waals surface area contributed by atoms with E-state index in [1.165, 1.54) is 12.7 Å². The Morgan fingerprint density at radius 3 is 2.54 bits per heavy atom. The number of carbonyl (C=O) groups excluding carboxylic acids is 1. The molecule has 1 aliphatic heterocycles. The van der Waals surface area contributed by atoms with E-state index < -0.39 is 5.97 Å². The largest absolute Gasteiger partial charge is 0.464 e. The summed E-state index contributed by atoms with van der Waals surface area (Å²) in [6.07, 6.45) is 4.01. The fourth-order valence-electron chi connectivity index (χ4n) is 2.87. The number of ether oxygens (including phenoxy) is 2. The number of anilines is 1. The highest BCUT2D eigenvalue weighted by Crippen LogP contribution is 2.21. The molecule has 0 amide bonds. The number of esters is 1. The molecule has 0 N–H and O–H groups in total. The highest BCUT2D eigenvalue weighted by atomic mass is 16.5. The third-order valence-electron chi connectivity index (χ3n) is 4.28. The molecule has 0 aliphatic carbocycles. The number of piperidine rings is 1. The monoisotopic (exact) mass is 326 g/mol. The molecule has 0 radical (unpaired) electrons. The second kappa shape index (κ2) is 7.93. The molecule has 2 heterocycles. The Kier molecular flexibility index (Phi) is 5.43. The predicted octanol–water partition coefficient (Wildman–Crippen LogP) is 3.05. The average molecular weight is 326 g/mol. The first-order chi connectivity index (χ1) is 11.8. The van der Waals surface area contributed by atoms with Crippen molar-refractivity contribution in [2.45, 2.75) is 25.6 Å². The summed E-state index contributed by atoms with van der Waals surface area (Å²) >= 11 is 0. The summed E-state index contributed by atoms with van der Waals surface area (Å²) in [5, 5.41) is 0. The van der Waals surface area contributed by atoms with Gasteiger partial charge in [0.1, 0.15) is 5.69 Å². The van der Waals surface area contributed by atoms with Crippen LogP contribution >= 0.6 is 0 Å². The minimum absolute atomic E-state index is 0.295. The molecule has 3 rings (SSSR count). The molecule has 0 bridgehead atoms. The number of carbonyl (C=O) groups is 1. The van der Waals surface area contributed by atoms with Gasteiger partial charge in [-0.15, -0.1) is 0 Å². The maximum atomic E-state index is 11.4. The van der Waals surface area contributed by atoms with E-state index in [4.69, 9.17) is 4.74 Å². The second-order valence-corrected chi connectivity index (χ2v) is 5.88. The van der Waals surface area contributed by atoms with Crippen molar-refractivity contribution in [3.8, 4) is 0 Å². The SMILES string of the molecule is COC(=O)c1ccc(N2CCC(OCc3ccccc3)CC2)cn1. The van der Waals surface area contributed by atoms with Crippen molar-refractivity contribution in [2.24, 2.45) is 0 Å². The molecule has 1 aromatic carbocycles. The maximum Gasteiger partial charge on any atom is 0.356 e. The minimum atomic E-state index is -0.408. The van der Waals surface area contributed by atoms with Crippen LogP contribution in [0.4, 0.5) is 5.69 Å². The molecule has 0 atom stereocenters. The summed E-state index contributed by atoms with van der Waals surface area (Å²) in [6.45, 7) is 2.53. The lowest BCUT2D eigenvalue weighted by Gasteiger charge is -2.33. The fraction of sp³-hybridized carbons (Fsp3) is 0.368. The fourth-order valence-corrected chi connectivity index (χ4v) is 2.87. The number of hydrogen-bond donors (Lipinski definition) is 0. The van der Waals surface area contributed by atoms with Gasteiger partial charge in [0.15, 0.2) is 0 Å². The summed E-state index contributed by atoms with van der Waals surface area (Å²) in [5.41, 5.74) is 2.58. The third kappa shape index (κ3) is 4.11. The van der Waals surface area contributed by atoms with Crippen molar-refractivity contribution in [2.75, 3.05) is 25.1 Å². The normalized spacial score (nSPS) is 15.3. The molecule has 0 spiro atoms. The zero-order valence-electron chi connectivity index (χ0n) is 13.9. The van der Waals surface area contributed by atoms with Gasteiger partial charge in [-0.2, -0.15) is 0 Å². The van der Waals surface area contributed by atoms with Crippen molar-refractivity contribution in [3.63, 3.8) is 0 Å². The van der Waals surface area contributed by atoms with Crippen LogP contribution in [-0.2, 0) is 16.1 Å². The number of aromatic nitrogens is 1. The van der Waals surface area contributed by atoms with Gasteiger partial charge in [0.05, 0.1) is 31.7 Å². The van der Waals surface area contributed by atoms with Gasteiger partial charge in [-0.3, -0.25) is 0 Å². The lowest BCUT2D eigenvalue weighted by Crippen LogP contribution is -2.37. The van der Waals surface area contributed by atoms with E-state index >= 15 is 0 Å². The number of hydrogen-bond acceptors (Lipinski definition) is 5. The van der Waals surface area contributed by atoms with Gasteiger partial charge in [-0.25, -0.2) is 9.78 Å². The summed E-state index contributed by atoms with van der Waals surface area (Å²) < 4.78 is 10.7. The second-order valence-electron chi connectivity index (χ2n) is 5.88. The molecule has 2 aromatic rings. The van der Waals surface area contributed by atoms with E-state index in [-0.39, 0.29) is 0 Å². The molecule has 1 aliphatic rings. The maximum absolute atomic E-state index is 11.4. The van der Waals surface area contributed by atoms with Crippen molar-refractivity contribution in [3.05, 3.63) is 59.9 Å². The number of benzene rings is 1. The van der Waals surface area contributed by atoms with Crippen molar-refractivity contribution in [1.82, 2.24) is 4.98 Å². The Balaban J connectivity index is 1.49. The molecule has 5 nitrogen and oxygen atoms in total. The molecule has 0 unspecified atom stereocenters. The van der Waals surface area contributed by atoms with Crippen LogP contribution in [0.2, 0.25) is 0 Å². The first-order valence-corrected chi connectivity index (χ1v) is 8.21. The summed E-state index contributed by atoms with van der Waals surface area (Å²) in [4.78, 5) is 17.9. The van der Waals surface area contributed by atoms with E-state index in [1.807, 2.05) is 24.3 Å². The van der Waals surface area contributed by atoms with Crippen LogP contribution < -0.4 is 4.90 Å². The molecule has 1 fully saturated rings. The highest BCUT2D eigenvalue weighted by Gasteiger charge is 2.20. The van der Waals surface area contributed by atoms with Gasteiger partial charge >= 0.3 is 5.97 Å². The Morgan fingerprint density at radius 1 is 1.17 bits per heavy atom. The van der Waals surface area contributed by atoms with Crippen molar-refractivity contribution >= 4 is 11.7 Å². The third-order valence-corrected chi connectivity index (χ3v) is 4.28. The Labute approximate surface area is 142 Å². The van der Waals surface area contributed by atoms with Crippen LogP contribution in [0.3, 0.4) is 0 Å². The lowest BCUT2D eigenvalue weighted by molar-refractivity contribution is 0.0251. The van der Waals surface area contributed by atoms with Gasteiger partial charge < -0.3 is 14.4 Å². The van der Waals surface area contributed by atoms with Gasteiger partial charge in [0, 0.05) is 13.1 Å². The smallest absolute Gasteiger partial charge is 0.356 e. The van der Waals surface area contributed by atoms with Crippen LogP contribution in [0.15, 0.2) is 48.7 Å². The Bertz CT molecular complexity index is 650. The van der Waals surface area contributed by atoms with E-state index in [1.54, 1.807) is 12.3 Å². The first kappa shape index (κ1) is 16.5. The molecule has 24 heavy (non-hydrogen) atoms. The molecule has 126 valence electrons. The van der Waals surface area contributed by atoms with Crippen LogP contribution in [0.5, 0.6) is 0 Å². The van der Waals surface area contributed by atoms with Crippen LogP contribution in [0, 0.1) is 0 Å². The quantitative estimate of drug-likeness (QED) is 0.791. The average Bonchev–Trinajstić information content (AvgIpc) is 2.67. The molecular weight excluding hydrogens is 304 g/mol. The van der Waals surface area contributed by atoms with E-state index in [9.17, 15) is 4.79 Å². The number of rotatable bonds is 5. The molecular formula is C19H22N2O3. The van der Waals surface area contributed by atoms with Crippen LogP contribution in [-0.4, -0.2) is 37.3 Å². The minimum Gasteiger partial charge on any atom is -0.464 e. The van der Waals surface area contributed by atoms with E-state index in [0.29, 0.717) is 18.4 Å². The molecule has 1 aromatic heterocycles. The topological polar surface area (TPSA) is 51.7 Å². The first-order valence-electron chi connectivity index (χ1n) is 8.21. The lowest BCUT2D eigenvalue weighted by atomic mass is 10.1. The standard InChI is InChI=1S/C19H22N2O3/c1-23-19(22)18-8-7-16(13-20-18)21-11-9-17(10-12-21)24-14-15-5-3-2-4-6-15/h2-8,13,17H,9-12,14H2,1H3. The van der Waals surface area contributed by atoms with Crippen LogP contribution in [0.25, 0.3) is 0 Å². The summed E-state index contributed by atoms with van der Waals surface area (Å²) in [6, 6.07) is 13.9. The summed E-state index contributed by atoms with van der Waals surface area (Å²) in [5.74, 6) is -0.408. The Hall–Kier alpha value is -2.40. The van der Waals surface area contributed by atoms with Crippen molar-refractivity contribution < 1.29 is 14.3 Å². The number of pyridine rings is 1. The van der Waals surface area contributed by atoms with Gasteiger partial charge in [-0.05, 0) is 30.5 Å². The van der Waals surface area contributed by atoms with Crippen LogP contribution in [0.1, 0.15) is 28.9 Å². The molecule has 1 saturated heterocycles. The van der Waals surface area contributed by atoms with E-state index in [0.717, 1.165) is 31.6 Å². The van der Waals surface area contributed by atoms with Gasteiger partial charge in [-0.1, -0.05) is 30.3 Å². The summed E-state index contributed by atoms with van der Waals surface area (Å²) in [7, 11) is 1.36. The zero-order valence-corrected chi connectivity index (χ0v) is 13.9. The highest BCUT2D eigenvalue weighted by molar-refractivity contribution is 5.87. The van der Waals surface area contributed by atoms with Gasteiger partial charge in [0.25, 0.3) is 0 Å². The number of nitrogens with zero attached hydrogens (tertiary/aromatic N) is 2. The number of methoxy groups -OCH3 is 1. The predicted molar refractivity (Wildman–Crippen MR) is 92.0 cm³/mol. The Morgan fingerprint density at radius 2 is 1.92 bits per heavy atom. The van der Waals surface area contributed by atoms with Crippen molar-refractivity contribution in [1.29, 1.82) is 0 Å². The molecule has 5 heteroatoms. The zero-order chi connectivity index (χ0) is 16.8. The van der Waals surface area contributed by atoms with Gasteiger partial charge in [0.2, 0.25) is 0 Å².